The van der Waals surface area contributed by atoms with Crippen LogP contribution in [0.2, 0.25) is 0 Å². The third-order valence-corrected chi connectivity index (χ3v) is 2.95. The summed E-state index contributed by atoms with van der Waals surface area (Å²) in [6, 6.07) is 6.32. The lowest BCUT2D eigenvalue weighted by Gasteiger charge is -2.10. The monoisotopic (exact) mass is 277 g/mol. The Morgan fingerprint density at radius 2 is 1.70 bits per heavy atom. The van der Waals surface area contributed by atoms with Crippen molar-refractivity contribution in [3.8, 4) is 0 Å². The summed E-state index contributed by atoms with van der Waals surface area (Å²) in [4.78, 5) is 44.2. The number of carbonyl (C=O) groups excluding carboxylic acids is 3. The molecule has 0 aromatic heterocycles. The van der Waals surface area contributed by atoms with Gasteiger partial charge in [0.2, 0.25) is 0 Å². The van der Waals surface area contributed by atoms with Crippen LogP contribution in [0.15, 0.2) is 24.3 Å². The number of carbonyl (C=O) groups is 3. The Kier molecular flexibility index (Phi) is 4.47. The highest BCUT2D eigenvalue weighted by molar-refractivity contribution is 6.20. The molecule has 0 radical (unpaired) electrons. The fourth-order valence-corrected chi connectivity index (χ4v) is 1.87. The van der Waals surface area contributed by atoms with Crippen LogP contribution in [-0.4, -0.2) is 22.8 Å². The van der Waals surface area contributed by atoms with Crippen LogP contribution in [0.5, 0.6) is 0 Å². The third kappa shape index (κ3) is 2.85. The predicted octanol–water partition coefficient (Wildman–Crippen LogP) is 2.25. The second-order valence-corrected chi connectivity index (χ2v) is 4.44. The van der Waals surface area contributed by atoms with E-state index in [1.54, 1.807) is 12.1 Å². The Hall–Kier alpha value is -2.21. The molecule has 0 N–H and O–H groups in total. The SMILES string of the molecule is CCCCCC(=O)OON1C(=O)c2ccccc2C1=O. The van der Waals surface area contributed by atoms with E-state index in [9.17, 15) is 14.4 Å². The van der Waals surface area contributed by atoms with Gasteiger partial charge in [-0.15, -0.1) is 5.06 Å². The van der Waals surface area contributed by atoms with Crippen LogP contribution in [0, 0.1) is 0 Å². The zero-order chi connectivity index (χ0) is 14.5. The van der Waals surface area contributed by atoms with Gasteiger partial charge in [0.15, 0.2) is 0 Å². The first-order valence-electron chi connectivity index (χ1n) is 6.50. The number of amides is 2. The van der Waals surface area contributed by atoms with E-state index in [1.165, 1.54) is 12.1 Å². The van der Waals surface area contributed by atoms with Gasteiger partial charge in [-0.25, -0.2) is 4.79 Å². The summed E-state index contributed by atoms with van der Waals surface area (Å²) in [5.74, 6) is -1.87. The molecule has 1 aliphatic rings. The molecule has 0 bridgehead atoms. The fraction of sp³-hybridized carbons (Fsp3) is 0.357. The Morgan fingerprint density at radius 1 is 1.10 bits per heavy atom. The second-order valence-electron chi connectivity index (χ2n) is 4.44. The molecule has 2 rings (SSSR count). The Bertz CT molecular complexity index is 505. The van der Waals surface area contributed by atoms with Crippen LogP contribution >= 0.6 is 0 Å². The van der Waals surface area contributed by atoms with E-state index in [-0.39, 0.29) is 17.5 Å². The minimum atomic E-state index is -0.632. The molecule has 6 nitrogen and oxygen atoms in total. The van der Waals surface area contributed by atoms with Crippen LogP contribution in [0.1, 0.15) is 53.3 Å². The first-order chi connectivity index (χ1) is 9.65. The average Bonchev–Trinajstić information content (AvgIpc) is 2.70. The Morgan fingerprint density at radius 3 is 2.25 bits per heavy atom. The molecule has 0 aliphatic carbocycles. The van der Waals surface area contributed by atoms with E-state index < -0.39 is 17.8 Å². The maximum Gasteiger partial charge on any atom is 0.345 e. The van der Waals surface area contributed by atoms with Crippen LogP contribution in [0.3, 0.4) is 0 Å². The van der Waals surface area contributed by atoms with E-state index in [4.69, 9.17) is 0 Å². The quantitative estimate of drug-likeness (QED) is 0.345. The molecule has 1 aromatic rings. The number of imide groups is 1. The normalized spacial score (nSPS) is 13.6. The van der Waals surface area contributed by atoms with Crippen molar-refractivity contribution in [1.82, 2.24) is 5.06 Å². The van der Waals surface area contributed by atoms with Crippen molar-refractivity contribution in [3.63, 3.8) is 0 Å². The molecule has 20 heavy (non-hydrogen) atoms. The van der Waals surface area contributed by atoms with Gasteiger partial charge in [-0.3, -0.25) is 14.5 Å². The van der Waals surface area contributed by atoms with Crippen LogP contribution in [0.4, 0.5) is 0 Å². The van der Waals surface area contributed by atoms with Crippen molar-refractivity contribution in [2.45, 2.75) is 32.6 Å². The van der Waals surface area contributed by atoms with Gasteiger partial charge in [-0.1, -0.05) is 31.9 Å². The van der Waals surface area contributed by atoms with Gasteiger partial charge in [-0.05, 0) is 23.5 Å². The predicted molar refractivity (Wildman–Crippen MR) is 68.3 cm³/mol. The molecule has 0 fully saturated rings. The zero-order valence-corrected chi connectivity index (χ0v) is 11.1. The van der Waals surface area contributed by atoms with Gasteiger partial charge in [0.05, 0.1) is 11.1 Å². The lowest BCUT2D eigenvalue weighted by Crippen LogP contribution is -2.31. The summed E-state index contributed by atoms with van der Waals surface area (Å²) in [5, 5.41) is 0.461. The lowest BCUT2D eigenvalue weighted by molar-refractivity contribution is -0.355. The highest BCUT2D eigenvalue weighted by Gasteiger charge is 2.38. The number of hydrogen-bond acceptors (Lipinski definition) is 5. The average molecular weight is 277 g/mol. The molecule has 0 saturated carbocycles. The van der Waals surface area contributed by atoms with Crippen molar-refractivity contribution in [2.75, 3.05) is 0 Å². The minimum Gasteiger partial charge on any atom is -0.274 e. The zero-order valence-electron chi connectivity index (χ0n) is 11.1. The topological polar surface area (TPSA) is 72.9 Å². The van der Waals surface area contributed by atoms with Crippen molar-refractivity contribution >= 4 is 17.8 Å². The first-order valence-corrected chi connectivity index (χ1v) is 6.50. The van der Waals surface area contributed by atoms with Crippen LogP contribution in [-0.2, 0) is 14.7 Å². The number of nitrogens with zero attached hydrogens (tertiary/aromatic N) is 1. The Labute approximate surface area is 116 Å². The molecular formula is C14H15NO5. The standard InChI is InChI=1S/C14H15NO5/c1-2-3-4-9-12(16)19-20-15-13(17)10-7-5-6-8-11(10)14(15)18/h5-8H,2-4,9H2,1H3. The molecule has 1 heterocycles. The summed E-state index contributed by atoms with van der Waals surface area (Å²) >= 11 is 0. The number of rotatable bonds is 6. The van der Waals surface area contributed by atoms with E-state index in [2.05, 4.69) is 9.88 Å². The molecule has 0 spiro atoms. The summed E-state index contributed by atoms with van der Waals surface area (Å²) < 4.78 is 0. The maximum atomic E-state index is 11.9. The molecular weight excluding hydrogens is 262 g/mol. The van der Waals surface area contributed by atoms with Crippen molar-refractivity contribution < 1.29 is 24.3 Å². The highest BCUT2D eigenvalue weighted by atomic mass is 17.3. The summed E-state index contributed by atoms with van der Waals surface area (Å²) in [6.07, 6.45) is 2.76. The number of benzene rings is 1. The molecule has 106 valence electrons. The lowest BCUT2D eigenvalue weighted by atomic mass is 10.1. The summed E-state index contributed by atoms with van der Waals surface area (Å²) in [7, 11) is 0. The third-order valence-electron chi connectivity index (χ3n) is 2.95. The minimum absolute atomic E-state index is 0.191. The second kappa shape index (κ2) is 6.29. The van der Waals surface area contributed by atoms with Gasteiger partial charge in [0.1, 0.15) is 0 Å². The van der Waals surface area contributed by atoms with Gasteiger partial charge in [0, 0.05) is 6.42 Å². The molecule has 6 heteroatoms. The molecule has 0 unspecified atom stereocenters. The van der Waals surface area contributed by atoms with E-state index in [1.807, 2.05) is 6.92 Å². The Balaban J connectivity index is 1.91. The molecule has 0 saturated heterocycles. The number of fused-ring (bicyclic) bond motifs is 1. The van der Waals surface area contributed by atoms with E-state index in [0.29, 0.717) is 11.5 Å². The highest BCUT2D eigenvalue weighted by Crippen LogP contribution is 2.22. The van der Waals surface area contributed by atoms with Gasteiger partial charge < -0.3 is 0 Å². The first kappa shape index (κ1) is 14.2. The smallest absolute Gasteiger partial charge is 0.274 e. The van der Waals surface area contributed by atoms with Crippen molar-refractivity contribution in [3.05, 3.63) is 35.4 Å². The van der Waals surface area contributed by atoms with Crippen molar-refractivity contribution in [1.29, 1.82) is 0 Å². The van der Waals surface area contributed by atoms with Crippen LogP contribution in [0.25, 0.3) is 0 Å². The summed E-state index contributed by atoms with van der Waals surface area (Å²) in [6.45, 7) is 2.01. The molecule has 1 aliphatic heterocycles. The molecule has 1 aromatic carbocycles. The van der Waals surface area contributed by atoms with E-state index >= 15 is 0 Å². The fourth-order valence-electron chi connectivity index (χ4n) is 1.87. The molecule has 2 amide bonds. The van der Waals surface area contributed by atoms with Crippen LogP contribution < -0.4 is 0 Å². The number of hydrogen-bond donors (Lipinski definition) is 0. The van der Waals surface area contributed by atoms with Crippen molar-refractivity contribution in [2.24, 2.45) is 0 Å². The largest absolute Gasteiger partial charge is 0.345 e. The summed E-state index contributed by atoms with van der Waals surface area (Å²) in [5.41, 5.74) is 0.471. The van der Waals surface area contributed by atoms with Gasteiger partial charge in [0.25, 0.3) is 11.8 Å². The van der Waals surface area contributed by atoms with Gasteiger partial charge >= 0.3 is 5.97 Å². The number of hydroxylamine groups is 2. The van der Waals surface area contributed by atoms with E-state index in [0.717, 1.165) is 12.8 Å². The molecule has 0 atom stereocenters. The van der Waals surface area contributed by atoms with Gasteiger partial charge in [-0.2, -0.15) is 0 Å². The maximum absolute atomic E-state index is 11.9. The number of unbranched alkanes of at least 4 members (excludes halogenated alkanes) is 2.